The fourth-order valence-electron chi connectivity index (χ4n) is 2.22. The Morgan fingerprint density at radius 2 is 1.35 bits per heavy atom. The summed E-state index contributed by atoms with van der Waals surface area (Å²) in [5.74, 6) is 0. The van der Waals surface area contributed by atoms with E-state index in [0.717, 1.165) is 0 Å². The van der Waals surface area contributed by atoms with Crippen LogP contribution in [-0.4, -0.2) is 71.5 Å². The van der Waals surface area contributed by atoms with Crippen LogP contribution in [0.4, 0.5) is 0 Å². The number of rotatable bonds is 11. The Kier molecular flexibility index (Phi) is 12.4. The molecule has 3 heteroatoms. The first-order valence-electron chi connectivity index (χ1n) is 7.47. The fourth-order valence-corrected chi connectivity index (χ4v) is 8.06. The van der Waals surface area contributed by atoms with Crippen molar-refractivity contribution in [2.24, 2.45) is 0 Å². The Balaban J connectivity index is 3.37. The molecule has 0 fully saturated rings. The zero-order chi connectivity index (χ0) is 13.1. The van der Waals surface area contributed by atoms with E-state index in [0.29, 0.717) is 0 Å². The first-order valence-corrected chi connectivity index (χ1v) is 15.4. The maximum atomic E-state index is 2.62. The van der Waals surface area contributed by atoms with E-state index in [4.69, 9.17) is 0 Å². The Morgan fingerprint density at radius 1 is 0.824 bits per heavy atom. The van der Waals surface area contributed by atoms with Crippen molar-refractivity contribution in [1.29, 1.82) is 0 Å². The Bertz CT molecular complexity index is 164. The van der Waals surface area contributed by atoms with Crippen molar-refractivity contribution in [3.8, 4) is 0 Å². The molecule has 0 aliphatic carbocycles. The van der Waals surface area contributed by atoms with Crippen LogP contribution in [0.2, 0.25) is 13.0 Å². The molecule has 0 aromatic rings. The maximum absolute atomic E-state index is 2.62. The summed E-state index contributed by atoms with van der Waals surface area (Å²) in [4.78, 5) is 4.93. The van der Waals surface area contributed by atoms with Gasteiger partial charge in [-0.25, -0.2) is 0 Å². The van der Waals surface area contributed by atoms with Crippen LogP contribution >= 0.6 is 0 Å². The molecule has 0 spiro atoms. The predicted octanol–water partition coefficient (Wildman–Crippen LogP) is 3.18. The molecule has 0 radical (unpaired) electrons. The van der Waals surface area contributed by atoms with E-state index in [9.17, 15) is 0 Å². The van der Waals surface area contributed by atoms with Gasteiger partial charge in [-0.05, 0) is 0 Å². The monoisotopic (exact) mass is 344 g/mol. The first kappa shape index (κ1) is 17.8. The van der Waals surface area contributed by atoms with Crippen LogP contribution in [0.1, 0.15) is 33.1 Å². The third-order valence-electron chi connectivity index (χ3n) is 3.62. The Morgan fingerprint density at radius 3 is 1.82 bits per heavy atom. The summed E-state index contributed by atoms with van der Waals surface area (Å²) in [6.07, 6.45) is 4.20. The second-order valence-corrected chi connectivity index (χ2v) is 15.2. The molecular formula is C14H33InN2. The minimum atomic E-state index is -1.07. The first-order chi connectivity index (χ1) is 8.10. The van der Waals surface area contributed by atoms with Crippen molar-refractivity contribution in [2.45, 2.75) is 46.1 Å². The van der Waals surface area contributed by atoms with Gasteiger partial charge in [-0.1, -0.05) is 0 Å². The average Bonchev–Trinajstić information content (AvgIpc) is 2.29. The van der Waals surface area contributed by atoms with E-state index in [1.165, 1.54) is 45.4 Å². The van der Waals surface area contributed by atoms with Gasteiger partial charge in [0, 0.05) is 0 Å². The number of hydrogen-bond acceptors (Lipinski definition) is 2. The van der Waals surface area contributed by atoms with Gasteiger partial charge < -0.3 is 0 Å². The van der Waals surface area contributed by atoms with E-state index in [-0.39, 0.29) is 0 Å². The van der Waals surface area contributed by atoms with Crippen LogP contribution in [0.25, 0.3) is 0 Å². The second-order valence-electron chi connectivity index (χ2n) is 5.59. The SMILES string of the molecule is CCCN(C)CC[CH2][In]([CH3])[CH2]CCN(C)CC. The second kappa shape index (κ2) is 11.9. The van der Waals surface area contributed by atoms with Crippen molar-refractivity contribution in [2.75, 3.05) is 40.3 Å². The molecule has 0 saturated carbocycles. The van der Waals surface area contributed by atoms with E-state index in [2.05, 4.69) is 42.4 Å². The van der Waals surface area contributed by atoms with Crippen molar-refractivity contribution >= 4 is 21.4 Å². The minimum absolute atomic E-state index is 1.07. The van der Waals surface area contributed by atoms with Crippen LogP contribution < -0.4 is 0 Å². The summed E-state index contributed by atoms with van der Waals surface area (Å²) < 4.78 is 5.82. The van der Waals surface area contributed by atoms with E-state index in [1.54, 1.807) is 8.35 Å². The quantitative estimate of drug-likeness (QED) is 0.568. The van der Waals surface area contributed by atoms with Gasteiger partial charge in [0.15, 0.2) is 0 Å². The summed E-state index contributed by atoms with van der Waals surface area (Å²) in [7, 11) is 4.50. The van der Waals surface area contributed by atoms with Crippen LogP contribution in [0.5, 0.6) is 0 Å². The van der Waals surface area contributed by atoms with E-state index < -0.39 is 21.4 Å². The normalized spacial score (nSPS) is 11.5. The molecule has 0 aliphatic heterocycles. The van der Waals surface area contributed by atoms with E-state index in [1.807, 2.05) is 0 Å². The molecule has 0 aliphatic rings. The molecule has 0 saturated heterocycles. The third kappa shape index (κ3) is 11.6. The van der Waals surface area contributed by atoms with Gasteiger partial charge in [-0.15, -0.1) is 0 Å². The van der Waals surface area contributed by atoms with Gasteiger partial charge >= 0.3 is 118 Å². The molecule has 0 amide bonds. The Hall–Kier alpha value is 0.790. The molecule has 17 heavy (non-hydrogen) atoms. The van der Waals surface area contributed by atoms with E-state index >= 15 is 0 Å². The zero-order valence-electron chi connectivity index (χ0n) is 12.8. The van der Waals surface area contributed by atoms with Gasteiger partial charge in [0.2, 0.25) is 0 Å². The molecule has 0 aromatic heterocycles. The molecule has 102 valence electrons. The molecule has 0 aromatic carbocycles. The topological polar surface area (TPSA) is 6.48 Å². The number of hydrogen-bond donors (Lipinski definition) is 0. The van der Waals surface area contributed by atoms with Crippen LogP contribution in [0.15, 0.2) is 0 Å². The van der Waals surface area contributed by atoms with Crippen molar-refractivity contribution < 1.29 is 0 Å². The van der Waals surface area contributed by atoms with Gasteiger partial charge in [-0.3, -0.25) is 0 Å². The van der Waals surface area contributed by atoms with Crippen molar-refractivity contribution in [3.63, 3.8) is 0 Å². The Labute approximate surface area is 117 Å². The number of nitrogens with zero attached hydrogens (tertiary/aromatic N) is 2. The molecule has 2 nitrogen and oxygen atoms in total. The van der Waals surface area contributed by atoms with Gasteiger partial charge in [0.05, 0.1) is 0 Å². The summed E-state index contributed by atoms with van der Waals surface area (Å²) in [5, 5.41) is 0. The van der Waals surface area contributed by atoms with Crippen LogP contribution in [0.3, 0.4) is 0 Å². The zero-order valence-corrected chi connectivity index (χ0v) is 16.1. The summed E-state index contributed by atoms with van der Waals surface area (Å²) in [5.41, 5.74) is 0. The molecule has 0 N–H and O–H groups in total. The summed E-state index contributed by atoms with van der Waals surface area (Å²) in [6, 6.07) is 0. The third-order valence-corrected chi connectivity index (χ3v) is 11.6. The predicted molar refractivity (Wildman–Crippen MR) is 81.4 cm³/mol. The average molecular weight is 344 g/mol. The van der Waals surface area contributed by atoms with Crippen LogP contribution in [0, 0.1) is 0 Å². The van der Waals surface area contributed by atoms with Crippen molar-refractivity contribution in [3.05, 3.63) is 0 Å². The fraction of sp³-hybridized carbons (Fsp3) is 1.00. The van der Waals surface area contributed by atoms with Gasteiger partial charge in [0.1, 0.15) is 0 Å². The molecule has 0 rings (SSSR count). The standard InChI is InChI=1S/C7H16N.C6H14N.CH3.In/c1-4-6-8(3)7-5-2;1-4-6-7(3)5-2;;/h1,4-7H2,2-3H3;1,4-6H2,2-3H3;1H3;. The summed E-state index contributed by atoms with van der Waals surface area (Å²) in [6.45, 7) is 9.62. The van der Waals surface area contributed by atoms with Crippen molar-refractivity contribution in [1.82, 2.24) is 9.80 Å². The molecule has 0 bridgehead atoms. The summed E-state index contributed by atoms with van der Waals surface area (Å²) >= 11 is -1.07. The van der Waals surface area contributed by atoms with Crippen LogP contribution in [-0.2, 0) is 0 Å². The molecular weight excluding hydrogens is 311 g/mol. The molecule has 0 atom stereocenters. The van der Waals surface area contributed by atoms with Gasteiger partial charge in [0.25, 0.3) is 0 Å². The molecule has 0 heterocycles. The van der Waals surface area contributed by atoms with Gasteiger partial charge in [-0.2, -0.15) is 0 Å². The molecule has 0 unspecified atom stereocenters.